The normalized spacial score (nSPS) is 14.0. The maximum absolute atomic E-state index is 11.9. The summed E-state index contributed by atoms with van der Waals surface area (Å²) >= 11 is 0. The Balaban J connectivity index is 2.87. The van der Waals surface area contributed by atoms with Gasteiger partial charge in [0.2, 0.25) is 5.91 Å². The highest BCUT2D eigenvalue weighted by molar-refractivity contribution is 5.80. The first kappa shape index (κ1) is 14.1. The van der Waals surface area contributed by atoms with Crippen LogP contribution in [0, 0.1) is 17.0 Å². The Morgan fingerprint density at radius 3 is 2.67 bits per heavy atom. The molecule has 7 nitrogen and oxygen atoms in total. The van der Waals surface area contributed by atoms with Crippen molar-refractivity contribution in [3.63, 3.8) is 0 Å². The standard InChI is InChI=1S/C11H18N4O3/c1-5-7(2)13-11(16)9(4)14-8(3)10(6-12-14)15(17)18/h6-7,9H,5H2,1-4H3,(H,13,16). The Morgan fingerprint density at radius 1 is 1.61 bits per heavy atom. The number of rotatable bonds is 5. The van der Waals surface area contributed by atoms with Crippen molar-refractivity contribution in [1.29, 1.82) is 0 Å². The number of hydrogen-bond donors (Lipinski definition) is 1. The van der Waals surface area contributed by atoms with Crippen molar-refractivity contribution in [1.82, 2.24) is 15.1 Å². The first-order chi connectivity index (χ1) is 8.38. The summed E-state index contributed by atoms with van der Waals surface area (Å²) in [5.41, 5.74) is 0.310. The number of nitrogens with one attached hydrogen (secondary N) is 1. The molecular formula is C11H18N4O3. The van der Waals surface area contributed by atoms with Crippen LogP contribution in [-0.4, -0.2) is 26.7 Å². The largest absolute Gasteiger partial charge is 0.352 e. The molecule has 0 aliphatic rings. The van der Waals surface area contributed by atoms with Crippen LogP contribution < -0.4 is 5.32 Å². The summed E-state index contributed by atoms with van der Waals surface area (Å²) < 4.78 is 1.37. The van der Waals surface area contributed by atoms with E-state index in [0.717, 1.165) is 6.42 Å². The second-order valence-electron chi connectivity index (χ2n) is 4.31. The minimum absolute atomic E-state index is 0.0711. The van der Waals surface area contributed by atoms with Crippen molar-refractivity contribution < 1.29 is 9.72 Å². The lowest BCUT2D eigenvalue weighted by Crippen LogP contribution is -2.37. The summed E-state index contributed by atoms with van der Waals surface area (Å²) in [7, 11) is 0. The van der Waals surface area contributed by atoms with Crippen LogP contribution in [0.15, 0.2) is 6.20 Å². The maximum atomic E-state index is 11.9. The third-order valence-corrected chi connectivity index (χ3v) is 2.96. The molecule has 2 unspecified atom stereocenters. The second-order valence-corrected chi connectivity index (χ2v) is 4.31. The van der Waals surface area contributed by atoms with Gasteiger partial charge in [0.15, 0.2) is 0 Å². The van der Waals surface area contributed by atoms with E-state index in [4.69, 9.17) is 0 Å². The average Bonchev–Trinajstić information content (AvgIpc) is 2.69. The van der Waals surface area contributed by atoms with Gasteiger partial charge in [0.25, 0.3) is 0 Å². The van der Waals surface area contributed by atoms with E-state index >= 15 is 0 Å². The van der Waals surface area contributed by atoms with E-state index in [0.29, 0.717) is 5.69 Å². The zero-order valence-electron chi connectivity index (χ0n) is 11.0. The van der Waals surface area contributed by atoms with Crippen LogP contribution in [0.2, 0.25) is 0 Å². The fraction of sp³-hybridized carbons (Fsp3) is 0.636. The molecule has 0 aromatic carbocycles. The monoisotopic (exact) mass is 254 g/mol. The van der Waals surface area contributed by atoms with Gasteiger partial charge in [-0.05, 0) is 27.2 Å². The number of nitro groups is 1. The molecule has 0 bridgehead atoms. The van der Waals surface area contributed by atoms with Crippen LogP contribution in [0.5, 0.6) is 0 Å². The number of aromatic nitrogens is 2. The fourth-order valence-electron chi connectivity index (χ4n) is 1.56. The van der Waals surface area contributed by atoms with E-state index in [2.05, 4.69) is 10.4 Å². The number of nitrogens with zero attached hydrogens (tertiary/aromatic N) is 3. The van der Waals surface area contributed by atoms with Gasteiger partial charge in [0, 0.05) is 6.04 Å². The van der Waals surface area contributed by atoms with E-state index in [1.165, 1.54) is 10.9 Å². The average molecular weight is 254 g/mol. The molecule has 18 heavy (non-hydrogen) atoms. The maximum Gasteiger partial charge on any atom is 0.309 e. The van der Waals surface area contributed by atoms with Crippen molar-refractivity contribution in [3.05, 3.63) is 22.0 Å². The smallest absolute Gasteiger partial charge is 0.309 e. The van der Waals surface area contributed by atoms with Crippen LogP contribution in [0.3, 0.4) is 0 Å². The van der Waals surface area contributed by atoms with Crippen molar-refractivity contribution in [2.75, 3.05) is 0 Å². The van der Waals surface area contributed by atoms with E-state index < -0.39 is 11.0 Å². The molecule has 1 aromatic rings. The van der Waals surface area contributed by atoms with Crippen molar-refractivity contribution >= 4 is 11.6 Å². The minimum atomic E-state index is -0.562. The van der Waals surface area contributed by atoms with Gasteiger partial charge in [-0.25, -0.2) is 0 Å². The Morgan fingerprint density at radius 2 is 2.22 bits per heavy atom. The van der Waals surface area contributed by atoms with Gasteiger partial charge in [-0.2, -0.15) is 5.10 Å². The second kappa shape index (κ2) is 5.61. The van der Waals surface area contributed by atoms with Crippen LogP contribution in [0.4, 0.5) is 5.69 Å². The molecule has 0 fully saturated rings. The Labute approximate surface area is 105 Å². The molecule has 0 spiro atoms. The summed E-state index contributed by atoms with van der Waals surface area (Å²) in [6.07, 6.45) is 2.00. The van der Waals surface area contributed by atoms with Crippen molar-refractivity contribution in [2.24, 2.45) is 0 Å². The van der Waals surface area contributed by atoms with Gasteiger partial charge >= 0.3 is 5.69 Å². The van der Waals surface area contributed by atoms with Gasteiger partial charge in [-0.15, -0.1) is 0 Å². The molecule has 1 rings (SSSR count). The van der Waals surface area contributed by atoms with E-state index in [9.17, 15) is 14.9 Å². The molecule has 1 amide bonds. The number of amides is 1. The van der Waals surface area contributed by atoms with E-state index in [1.54, 1.807) is 13.8 Å². The molecule has 7 heteroatoms. The van der Waals surface area contributed by atoms with Crippen molar-refractivity contribution in [3.8, 4) is 0 Å². The molecule has 1 heterocycles. The first-order valence-electron chi connectivity index (χ1n) is 5.87. The predicted octanol–water partition coefficient (Wildman–Crippen LogP) is 1.58. The van der Waals surface area contributed by atoms with Crippen molar-refractivity contribution in [2.45, 2.75) is 46.2 Å². The third-order valence-electron chi connectivity index (χ3n) is 2.96. The zero-order chi connectivity index (χ0) is 13.9. The van der Waals surface area contributed by atoms with Gasteiger partial charge in [-0.1, -0.05) is 6.92 Å². The molecule has 0 saturated carbocycles. The first-order valence-corrected chi connectivity index (χ1v) is 5.87. The van der Waals surface area contributed by atoms with E-state index in [-0.39, 0.29) is 17.6 Å². The summed E-state index contributed by atoms with van der Waals surface area (Å²) in [5.74, 6) is -0.189. The van der Waals surface area contributed by atoms with Crippen LogP contribution >= 0.6 is 0 Å². The molecule has 100 valence electrons. The van der Waals surface area contributed by atoms with Crippen LogP contribution in [0.25, 0.3) is 0 Å². The summed E-state index contributed by atoms with van der Waals surface area (Å²) in [6, 6.07) is -0.487. The molecule has 0 radical (unpaired) electrons. The topological polar surface area (TPSA) is 90.1 Å². The Kier molecular flexibility index (Phi) is 4.41. The highest BCUT2D eigenvalue weighted by Gasteiger charge is 2.24. The lowest BCUT2D eigenvalue weighted by atomic mass is 10.2. The van der Waals surface area contributed by atoms with E-state index in [1.807, 2.05) is 13.8 Å². The molecule has 0 saturated heterocycles. The third kappa shape index (κ3) is 2.85. The van der Waals surface area contributed by atoms with Gasteiger partial charge in [0.05, 0.1) is 4.92 Å². The van der Waals surface area contributed by atoms with Crippen LogP contribution in [-0.2, 0) is 4.79 Å². The summed E-state index contributed by atoms with van der Waals surface area (Å²) in [5, 5.41) is 17.4. The Hall–Kier alpha value is -1.92. The lowest BCUT2D eigenvalue weighted by molar-refractivity contribution is -0.385. The molecule has 1 aromatic heterocycles. The number of carbonyl (C=O) groups excluding carboxylic acids is 1. The highest BCUT2D eigenvalue weighted by atomic mass is 16.6. The predicted molar refractivity (Wildman–Crippen MR) is 66.2 cm³/mol. The Bertz CT molecular complexity index is 455. The SMILES string of the molecule is CCC(C)NC(=O)C(C)n1ncc([N+](=O)[O-])c1C. The number of carbonyl (C=O) groups is 1. The molecule has 1 N–H and O–H groups in total. The fourth-order valence-corrected chi connectivity index (χ4v) is 1.56. The molecular weight excluding hydrogens is 236 g/mol. The van der Waals surface area contributed by atoms with Gasteiger partial charge in [-0.3, -0.25) is 19.6 Å². The molecule has 0 aliphatic carbocycles. The van der Waals surface area contributed by atoms with Crippen LogP contribution in [0.1, 0.15) is 38.9 Å². The summed E-state index contributed by atoms with van der Waals surface area (Å²) in [4.78, 5) is 22.1. The van der Waals surface area contributed by atoms with Gasteiger partial charge < -0.3 is 5.32 Å². The molecule has 0 aliphatic heterocycles. The number of hydrogen-bond acceptors (Lipinski definition) is 4. The minimum Gasteiger partial charge on any atom is -0.352 e. The van der Waals surface area contributed by atoms with Gasteiger partial charge in [0.1, 0.15) is 17.9 Å². The zero-order valence-corrected chi connectivity index (χ0v) is 11.0. The summed E-state index contributed by atoms with van der Waals surface area (Å²) in [6.45, 7) is 7.13. The molecule has 2 atom stereocenters. The quantitative estimate of drug-likeness (QED) is 0.638. The lowest BCUT2D eigenvalue weighted by Gasteiger charge is -2.17. The highest BCUT2D eigenvalue weighted by Crippen LogP contribution is 2.19.